The average molecular weight is 328 g/mol. The van der Waals surface area contributed by atoms with E-state index in [1.165, 1.54) is 15.3 Å². The Morgan fingerprint density at radius 1 is 1.15 bits per heavy atom. The molecule has 1 aromatic heterocycles. The van der Waals surface area contributed by atoms with Gasteiger partial charge in [-0.25, -0.2) is 0 Å². The maximum atomic E-state index is 3.34. The molecule has 1 N–H and O–H groups in total. The van der Waals surface area contributed by atoms with Crippen LogP contribution in [0.15, 0.2) is 59.8 Å². The molecule has 0 spiro atoms. The SMILES string of the molecule is CCc1cccc(NC=C[n+]2c[se]c3ccccc32)c1. The summed E-state index contributed by atoms with van der Waals surface area (Å²) in [4.78, 5) is 0. The van der Waals surface area contributed by atoms with Crippen molar-refractivity contribution in [1.29, 1.82) is 0 Å². The molecular formula is C17H17N2Se+. The molecule has 3 heteroatoms. The van der Waals surface area contributed by atoms with Gasteiger partial charge in [0.15, 0.2) is 0 Å². The zero-order valence-corrected chi connectivity index (χ0v) is 13.1. The van der Waals surface area contributed by atoms with Crippen LogP contribution in [0.3, 0.4) is 0 Å². The van der Waals surface area contributed by atoms with Gasteiger partial charge in [-0.1, -0.05) is 0 Å². The zero-order chi connectivity index (χ0) is 13.8. The Kier molecular flexibility index (Phi) is 4.00. The van der Waals surface area contributed by atoms with Crippen LogP contribution in [-0.2, 0) is 6.42 Å². The second kappa shape index (κ2) is 6.08. The van der Waals surface area contributed by atoms with Gasteiger partial charge in [0.2, 0.25) is 0 Å². The number of aryl methyl sites for hydroxylation is 1. The van der Waals surface area contributed by atoms with Crippen LogP contribution in [0.5, 0.6) is 0 Å². The summed E-state index contributed by atoms with van der Waals surface area (Å²) in [6, 6.07) is 17.1. The summed E-state index contributed by atoms with van der Waals surface area (Å²) in [5.74, 6) is 0. The van der Waals surface area contributed by atoms with Crippen molar-refractivity contribution in [2.75, 3.05) is 5.32 Å². The first-order valence-corrected chi connectivity index (χ1v) is 8.61. The number of aromatic nitrogens is 1. The van der Waals surface area contributed by atoms with E-state index in [4.69, 9.17) is 0 Å². The first-order chi connectivity index (χ1) is 9.86. The molecule has 0 saturated heterocycles. The monoisotopic (exact) mass is 329 g/mol. The summed E-state index contributed by atoms with van der Waals surface area (Å²) in [6.45, 7) is 2.17. The van der Waals surface area contributed by atoms with Crippen LogP contribution in [0.1, 0.15) is 12.5 Å². The van der Waals surface area contributed by atoms with Crippen LogP contribution in [0, 0.1) is 0 Å². The number of hydrogen-bond donors (Lipinski definition) is 1. The van der Waals surface area contributed by atoms with E-state index in [0.29, 0.717) is 14.5 Å². The third kappa shape index (κ3) is 2.84. The molecule has 0 bridgehead atoms. The molecule has 0 fully saturated rings. The van der Waals surface area contributed by atoms with Crippen molar-refractivity contribution in [3.05, 3.63) is 65.4 Å². The molecule has 20 heavy (non-hydrogen) atoms. The van der Waals surface area contributed by atoms with Crippen molar-refractivity contribution >= 4 is 36.2 Å². The van der Waals surface area contributed by atoms with Crippen molar-refractivity contribution in [3.63, 3.8) is 0 Å². The van der Waals surface area contributed by atoms with Gasteiger partial charge in [-0.15, -0.1) is 0 Å². The van der Waals surface area contributed by atoms with Crippen LogP contribution >= 0.6 is 0 Å². The van der Waals surface area contributed by atoms with Gasteiger partial charge in [0.1, 0.15) is 0 Å². The number of benzene rings is 2. The second-order valence-electron chi connectivity index (χ2n) is 4.61. The summed E-state index contributed by atoms with van der Waals surface area (Å²) in [6.07, 6.45) is 5.16. The van der Waals surface area contributed by atoms with E-state index in [1.807, 2.05) is 6.20 Å². The predicted molar refractivity (Wildman–Crippen MR) is 85.9 cm³/mol. The summed E-state index contributed by atoms with van der Waals surface area (Å²) in [7, 11) is 0. The Balaban J connectivity index is 1.77. The quantitative estimate of drug-likeness (QED) is 0.574. The van der Waals surface area contributed by atoms with E-state index >= 15 is 0 Å². The van der Waals surface area contributed by atoms with Gasteiger partial charge in [0.05, 0.1) is 0 Å². The van der Waals surface area contributed by atoms with Crippen molar-refractivity contribution in [2.45, 2.75) is 13.3 Å². The molecule has 2 aromatic carbocycles. The summed E-state index contributed by atoms with van der Waals surface area (Å²) in [5, 5.41) is 5.60. The van der Waals surface area contributed by atoms with Crippen molar-refractivity contribution in [1.82, 2.24) is 0 Å². The van der Waals surface area contributed by atoms with Crippen molar-refractivity contribution in [3.8, 4) is 0 Å². The Hall–Kier alpha value is -1.83. The normalized spacial score (nSPS) is 11.2. The number of hydrogen-bond acceptors (Lipinski definition) is 1. The first kappa shape index (κ1) is 13.2. The topological polar surface area (TPSA) is 15.9 Å². The number of para-hydroxylation sites is 1. The average Bonchev–Trinajstić information content (AvgIpc) is 2.91. The van der Waals surface area contributed by atoms with E-state index in [1.54, 1.807) is 0 Å². The zero-order valence-electron chi connectivity index (χ0n) is 11.4. The summed E-state index contributed by atoms with van der Waals surface area (Å²) < 4.78 is 3.64. The molecule has 0 atom stereocenters. The van der Waals surface area contributed by atoms with E-state index in [0.717, 1.165) is 12.1 Å². The Bertz CT molecular complexity index is 743. The summed E-state index contributed by atoms with van der Waals surface area (Å²) in [5.41, 5.74) is 3.79. The van der Waals surface area contributed by atoms with Gasteiger partial charge in [-0.05, 0) is 0 Å². The molecule has 0 radical (unpaired) electrons. The molecule has 2 nitrogen and oxygen atoms in total. The van der Waals surface area contributed by atoms with Gasteiger partial charge >= 0.3 is 125 Å². The molecule has 0 amide bonds. The van der Waals surface area contributed by atoms with Gasteiger partial charge in [0, 0.05) is 0 Å². The van der Waals surface area contributed by atoms with Gasteiger partial charge in [0.25, 0.3) is 0 Å². The predicted octanol–water partition coefficient (Wildman–Crippen LogP) is 3.29. The number of fused-ring (bicyclic) bond motifs is 1. The molecule has 0 aliphatic rings. The number of anilines is 1. The number of nitrogens with one attached hydrogen (secondary N) is 1. The molecule has 3 rings (SSSR count). The van der Waals surface area contributed by atoms with Crippen LogP contribution < -0.4 is 9.88 Å². The molecule has 1 heterocycles. The van der Waals surface area contributed by atoms with Gasteiger partial charge in [-0.3, -0.25) is 0 Å². The molecular weight excluding hydrogens is 311 g/mol. The molecule has 3 aromatic rings. The first-order valence-electron chi connectivity index (χ1n) is 6.76. The number of rotatable bonds is 4. The molecule has 0 aliphatic carbocycles. The van der Waals surface area contributed by atoms with Crippen LogP contribution in [0.25, 0.3) is 16.0 Å². The Morgan fingerprint density at radius 3 is 2.95 bits per heavy atom. The van der Waals surface area contributed by atoms with E-state index in [9.17, 15) is 0 Å². The van der Waals surface area contributed by atoms with Crippen molar-refractivity contribution in [2.24, 2.45) is 0 Å². The van der Waals surface area contributed by atoms with Crippen LogP contribution in [-0.4, -0.2) is 14.5 Å². The van der Waals surface area contributed by atoms with Gasteiger partial charge in [-0.2, -0.15) is 0 Å². The Morgan fingerprint density at radius 2 is 2.05 bits per heavy atom. The molecule has 0 saturated carbocycles. The third-order valence-electron chi connectivity index (χ3n) is 3.26. The minimum atomic E-state index is 0.447. The third-order valence-corrected chi connectivity index (χ3v) is 5.21. The van der Waals surface area contributed by atoms with Crippen LogP contribution in [0.4, 0.5) is 5.69 Å². The van der Waals surface area contributed by atoms with E-state index in [-0.39, 0.29) is 0 Å². The fourth-order valence-corrected chi connectivity index (χ4v) is 3.96. The number of nitrogens with zero attached hydrogens (tertiary/aromatic N) is 1. The van der Waals surface area contributed by atoms with Crippen LogP contribution in [0.2, 0.25) is 0 Å². The molecule has 0 aliphatic heterocycles. The van der Waals surface area contributed by atoms with E-state index in [2.05, 4.69) is 76.6 Å². The van der Waals surface area contributed by atoms with E-state index < -0.39 is 0 Å². The fraction of sp³-hybridized carbons (Fsp3) is 0.118. The summed E-state index contributed by atoms with van der Waals surface area (Å²) >= 11 is 0.447. The maximum absolute atomic E-state index is 3.34. The molecule has 0 unspecified atom stereocenters. The molecule has 100 valence electrons. The fourth-order valence-electron chi connectivity index (χ4n) is 2.15. The van der Waals surface area contributed by atoms with Crippen molar-refractivity contribution < 1.29 is 4.57 Å². The van der Waals surface area contributed by atoms with Gasteiger partial charge < -0.3 is 0 Å². The minimum absolute atomic E-state index is 0.447. The second-order valence-corrected chi connectivity index (χ2v) is 6.47. The Labute approximate surface area is 125 Å². The standard InChI is InChI=1S/C17H17N2Se/c1-2-14-6-5-7-15(12-14)18-10-11-19-13-20-17-9-4-3-8-16(17)19/h3-13,18H,2H2,1H3/q+1.